The van der Waals surface area contributed by atoms with E-state index < -0.39 is 6.29 Å². The minimum Gasteiger partial charge on any atom is -0.456 e. The van der Waals surface area contributed by atoms with Gasteiger partial charge >= 0.3 is 0 Å². The molecule has 5 heteroatoms. The molecule has 18 heavy (non-hydrogen) atoms. The number of ether oxygens (including phenoxy) is 1. The zero-order chi connectivity index (χ0) is 12.5. The number of aliphatic hydroxyl groups excluding tert-OH is 1. The minimum absolute atomic E-state index is 0.341. The van der Waals surface area contributed by atoms with Crippen molar-refractivity contribution in [1.29, 1.82) is 0 Å². The first-order valence-corrected chi connectivity index (χ1v) is 6.19. The molecule has 1 fully saturated rings. The molecule has 0 amide bonds. The summed E-state index contributed by atoms with van der Waals surface area (Å²) in [7, 11) is 0. The number of aliphatic hydroxyl groups is 1. The highest BCUT2D eigenvalue weighted by Gasteiger charge is 2.32. The quantitative estimate of drug-likeness (QED) is 0.770. The van der Waals surface area contributed by atoms with Crippen molar-refractivity contribution in [3.63, 3.8) is 0 Å². The lowest BCUT2D eigenvalue weighted by Gasteiger charge is -2.27. The minimum atomic E-state index is -1.33. The number of Topliss-reactive ketones (excluding diaryl/α,β-unsaturated/α-hetero) is 1. The summed E-state index contributed by atoms with van der Waals surface area (Å²) in [5.41, 5.74) is 1.47. The molecule has 2 aliphatic rings. The van der Waals surface area contributed by atoms with Crippen molar-refractivity contribution in [2.24, 2.45) is 0 Å². The van der Waals surface area contributed by atoms with E-state index in [2.05, 4.69) is 10.2 Å². The number of piperazine rings is 1. The zero-order valence-electron chi connectivity index (χ0n) is 10.1. The Hall–Kier alpha value is -1.43. The van der Waals surface area contributed by atoms with Crippen molar-refractivity contribution in [3.8, 4) is 5.75 Å². The smallest absolute Gasteiger partial charge is 0.262 e. The molecule has 2 heterocycles. The number of carbonyl (C=O) groups is 1. The van der Waals surface area contributed by atoms with E-state index in [0.717, 1.165) is 38.3 Å². The van der Waals surface area contributed by atoms with Gasteiger partial charge in [0.2, 0.25) is 5.78 Å². The summed E-state index contributed by atoms with van der Waals surface area (Å²) in [6.45, 7) is 4.69. The molecule has 1 atom stereocenters. The van der Waals surface area contributed by atoms with Gasteiger partial charge in [-0.15, -0.1) is 0 Å². The number of carbonyl (C=O) groups excluding carboxylic acids is 1. The molecule has 0 radical (unpaired) electrons. The molecule has 1 saturated heterocycles. The molecule has 1 aromatic carbocycles. The van der Waals surface area contributed by atoms with Gasteiger partial charge in [-0.2, -0.15) is 0 Å². The van der Waals surface area contributed by atoms with Crippen LogP contribution in [-0.4, -0.2) is 48.3 Å². The molecule has 1 aromatic rings. The Bertz CT molecular complexity index is 469. The maximum atomic E-state index is 11.6. The first-order valence-electron chi connectivity index (χ1n) is 6.19. The number of hydrogen-bond acceptors (Lipinski definition) is 5. The van der Waals surface area contributed by atoms with Gasteiger partial charge in [-0.05, 0) is 6.07 Å². The summed E-state index contributed by atoms with van der Waals surface area (Å²) < 4.78 is 5.26. The molecule has 2 N–H and O–H groups in total. The van der Waals surface area contributed by atoms with Crippen LogP contribution >= 0.6 is 0 Å². The summed E-state index contributed by atoms with van der Waals surface area (Å²) >= 11 is 0. The van der Waals surface area contributed by atoms with E-state index in [4.69, 9.17) is 4.74 Å². The number of para-hydroxylation sites is 1. The van der Waals surface area contributed by atoms with Crippen molar-refractivity contribution in [3.05, 3.63) is 29.3 Å². The Kier molecular flexibility index (Phi) is 3.03. The van der Waals surface area contributed by atoms with Crippen LogP contribution in [0.5, 0.6) is 5.75 Å². The van der Waals surface area contributed by atoms with E-state index in [1.165, 1.54) is 0 Å². The fourth-order valence-corrected chi connectivity index (χ4v) is 2.45. The summed E-state index contributed by atoms with van der Waals surface area (Å²) in [5.74, 6) is 0.209. The predicted molar refractivity (Wildman–Crippen MR) is 65.6 cm³/mol. The van der Waals surface area contributed by atoms with Crippen LogP contribution in [0.3, 0.4) is 0 Å². The normalized spacial score (nSPS) is 23.8. The third-order valence-corrected chi connectivity index (χ3v) is 3.42. The van der Waals surface area contributed by atoms with Crippen LogP contribution < -0.4 is 10.1 Å². The van der Waals surface area contributed by atoms with E-state index in [0.29, 0.717) is 11.3 Å². The summed E-state index contributed by atoms with van der Waals surface area (Å²) in [5, 5.41) is 12.8. The Labute approximate surface area is 105 Å². The topological polar surface area (TPSA) is 61.8 Å². The number of fused-ring (bicyclic) bond motifs is 1. The van der Waals surface area contributed by atoms with Crippen molar-refractivity contribution in [2.75, 3.05) is 26.2 Å². The van der Waals surface area contributed by atoms with Crippen molar-refractivity contribution >= 4 is 5.78 Å². The number of nitrogens with zero attached hydrogens (tertiary/aromatic N) is 1. The van der Waals surface area contributed by atoms with Crippen molar-refractivity contribution < 1.29 is 14.6 Å². The van der Waals surface area contributed by atoms with Crippen LogP contribution in [0.4, 0.5) is 0 Å². The molecule has 0 saturated carbocycles. The van der Waals surface area contributed by atoms with Gasteiger partial charge < -0.3 is 15.2 Å². The zero-order valence-corrected chi connectivity index (χ0v) is 10.1. The fraction of sp³-hybridized carbons (Fsp3) is 0.462. The SMILES string of the molecule is O=C1c2cccc(CN3CCNCC3)c2OC1O. The van der Waals surface area contributed by atoms with Gasteiger partial charge in [0, 0.05) is 38.3 Å². The van der Waals surface area contributed by atoms with Gasteiger partial charge in [0.15, 0.2) is 0 Å². The molecule has 1 unspecified atom stereocenters. The van der Waals surface area contributed by atoms with E-state index in [9.17, 15) is 9.90 Å². The monoisotopic (exact) mass is 248 g/mol. The molecule has 5 nitrogen and oxygen atoms in total. The standard InChI is InChI=1S/C13H16N2O3/c16-11-10-3-1-2-9(12(10)18-13(11)17)8-15-6-4-14-5-7-15/h1-3,13-14,17H,4-8H2. The van der Waals surface area contributed by atoms with Gasteiger partial charge in [-0.1, -0.05) is 12.1 Å². The van der Waals surface area contributed by atoms with Gasteiger partial charge in [-0.25, -0.2) is 0 Å². The maximum Gasteiger partial charge on any atom is 0.262 e. The Morgan fingerprint density at radius 3 is 2.94 bits per heavy atom. The van der Waals surface area contributed by atoms with Crippen LogP contribution in [-0.2, 0) is 6.54 Å². The second-order valence-corrected chi connectivity index (χ2v) is 4.65. The average molecular weight is 248 g/mol. The van der Waals surface area contributed by atoms with Crippen LogP contribution in [0.25, 0.3) is 0 Å². The van der Waals surface area contributed by atoms with Crippen LogP contribution in [0.15, 0.2) is 18.2 Å². The Balaban J connectivity index is 1.83. The molecule has 0 spiro atoms. The highest BCUT2D eigenvalue weighted by molar-refractivity contribution is 6.03. The number of nitrogens with one attached hydrogen (secondary N) is 1. The summed E-state index contributed by atoms with van der Waals surface area (Å²) in [4.78, 5) is 14.0. The fourth-order valence-electron chi connectivity index (χ4n) is 2.45. The summed E-state index contributed by atoms with van der Waals surface area (Å²) in [6.07, 6.45) is -1.33. The van der Waals surface area contributed by atoms with E-state index in [-0.39, 0.29) is 5.78 Å². The molecule has 96 valence electrons. The Morgan fingerprint density at radius 1 is 1.39 bits per heavy atom. The van der Waals surface area contributed by atoms with Crippen molar-refractivity contribution in [1.82, 2.24) is 10.2 Å². The summed E-state index contributed by atoms with van der Waals surface area (Å²) in [6, 6.07) is 5.50. The Morgan fingerprint density at radius 2 is 2.17 bits per heavy atom. The number of hydrogen-bond donors (Lipinski definition) is 2. The van der Waals surface area contributed by atoms with E-state index >= 15 is 0 Å². The highest BCUT2D eigenvalue weighted by Crippen LogP contribution is 2.32. The van der Waals surface area contributed by atoms with Crippen LogP contribution in [0, 0.1) is 0 Å². The predicted octanol–water partition coefficient (Wildman–Crippen LogP) is -0.0147. The molecular weight excluding hydrogens is 232 g/mol. The molecule has 3 rings (SSSR count). The molecular formula is C13H16N2O3. The highest BCUT2D eigenvalue weighted by atomic mass is 16.6. The number of benzene rings is 1. The molecule has 0 bridgehead atoms. The van der Waals surface area contributed by atoms with Crippen LogP contribution in [0.1, 0.15) is 15.9 Å². The van der Waals surface area contributed by atoms with Gasteiger partial charge in [0.25, 0.3) is 6.29 Å². The maximum absolute atomic E-state index is 11.6. The number of ketones is 1. The second kappa shape index (κ2) is 4.68. The first kappa shape index (κ1) is 11.6. The second-order valence-electron chi connectivity index (χ2n) is 4.65. The number of rotatable bonds is 2. The van der Waals surface area contributed by atoms with E-state index in [1.54, 1.807) is 6.07 Å². The third kappa shape index (κ3) is 2.01. The average Bonchev–Trinajstić information content (AvgIpc) is 2.69. The van der Waals surface area contributed by atoms with Gasteiger partial charge in [0.1, 0.15) is 5.75 Å². The lowest BCUT2D eigenvalue weighted by atomic mass is 10.1. The molecule has 0 aromatic heterocycles. The lowest BCUT2D eigenvalue weighted by molar-refractivity contribution is 0.00796. The van der Waals surface area contributed by atoms with Gasteiger partial charge in [-0.3, -0.25) is 9.69 Å². The first-order chi connectivity index (χ1) is 8.75. The van der Waals surface area contributed by atoms with E-state index in [1.807, 2.05) is 12.1 Å². The lowest BCUT2D eigenvalue weighted by Crippen LogP contribution is -2.42. The van der Waals surface area contributed by atoms with Crippen molar-refractivity contribution in [2.45, 2.75) is 12.8 Å². The van der Waals surface area contributed by atoms with Gasteiger partial charge in [0.05, 0.1) is 5.56 Å². The van der Waals surface area contributed by atoms with Crippen LogP contribution in [0.2, 0.25) is 0 Å². The largest absolute Gasteiger partial charge is 0.456 e. The molecule has 2 aliphatic heterocycles. The third-order valence-electron chi connectivity index (χ3n) is 3.42. The molecule has 0 aliphatic carbocycles.